The molecule has 0 aromatic heterocycles. The maximum Gasteiger partial charge on any atom is 0.343 e. The number of nitriles is 1. The van der Waals surface area contributed by atoms with Gasteiger partial charge < -0.3 is 4.74 Å². The summed E-state index contributed by atoms with van der Waals surface area (Å²) in [6.07, 6.45) is 1.10. The fraction of sp³-hybridized carbons (Fsp3) is 0.357. The summed E-state index contributed by atoms with van der Waals surface area (Å²) >= 11 is 0. The molecule has 0 saturated heterocycles. The maximum absolute atomic E-state index is 14.8. The number of nitrogens with zero attached hydrogens (tertiary/aromatic N) is 1. The van der Waals surface area contributed by atoms with Crippen LogP contribution in [0.4, 0.5) is 13.2 Å². The van der Waals surface area contributed by atoms with Crippen LogP contribution in [-0.4, -0.2) is 18.3 Å². The van der Waals surface area contributed by atoms with Crippen molar-refractivity contribution in [3.63, 3.8) is 0 Å². The number of halogens is 3. The van der Waals surface area contributed by atoms with E-state index >= 15 is 0 Å². The van der Waals surface area contributed by atoms with Crippen molar-refractivity contribution in [2.75, 3.05) is 0 Å². The third-order valence-electron chi connectivity index (χ3n) is 6.65. The lowest BCUT2D eigenvalue weighted by Crippen LogP contribution is -2.33. The van der Waals surface area contributed by atoms with E-state index in [0.29, 0.717) is 23.8 Å². The van der Waals surface area contributed by atoms with Crippen molar-refractivity contribution in [1.82, 2.24) is 0 Å². The van der Waals surface area contributed by atoms with E-state index in [1.54, 1.807) is 24.3 Å². The molecule has 1 aliphatic carbocycles. The third kappa shape index (κ3) is 4.94. The molecule has 0 radical (unpaired) electrons. The Bertz CT molecular complexity index is 1210. The summed E-state index contributed by atoms with van der Waals surface area (Å²) in [5.41, 5.74) is 0.732. The molecule has 3 aromatic carbocycles. The summed E-state index contributed by atoms with van der Waals surface area (Å²) in [6.45, 7) is 2.07. The number of alkyl halides is 2. The minimum Gasteiger partial charge on any atom is -0.423 e. The minimum absolute atomic E-state index is 0.0576. The molecule has 6 heteroatoms. The predicted molar refractivity (Wildman–Crippen MR) is 125 cm³/mol. The molecule has 1 fully saturated rings. The number of carbonyl (C=O) groups is 1. The van der Waals surface area contributed by atoms with Gasteiger partial charge in [-0.3, -0.25) is 0 Å². The van der Waals surface area contributed by atoms with Crippen LogP contribution in [-0.2, 0) is 0 Å². The van der Waals surface area contributed by atoms with Crippen LogP contribution in [0.15, 0.2) is 54.6 Å². The highest BCUT2D eigenvalue weighted by Gasteiger charge is 2.39. The Morgan fingerprint density at radius 2 is 1.76 bits per heavy atom. The van der Waals surface area contributed by atoms with Gasteiger partial charge in [0.25, 0.3) is 0 Å². The second-order valence-electron chi connectivity index (χ2n) is 8.97. The predicted octanol–water partition coefficient (Wildman–Crippen LogP) is 7.43. The number of unbranched alkanes of at least 4 members (excludes halogenated alkanes) is 1. The molecule has 0 amide bonds. The molecule has 34 heavy (non-hydrogen) atoms. The first kappa shape index (κ1) is 23.8. The first-order valence-corrected chi connectivity index (χ1v) is 11.6. The first-order chi connectivity index (χ1) is 16.4. The van der Waals surface area contributed by atoms with Gasteiger partial charge in [-0.1, -0.05) is 44.4 Å². The molecule has 0 bridgehead atoms. The van der Waals surface area contributed by atoms with E-state index in [1.165, 1.54) is 36.4 Å². The summed E-state index contributed by atoms with van der Waals surface area (Å²) in [7, 11) is 0. The van der Waals surface area contributed by atoms with Crippen molar-refractivity contribution in [3.05, 3.63) is 77.1 Å². The normalized spacial score (nSPS) is 22.3. The first-order valence-electron chi connectivity index (χ1n) is 11.6. The van der Waals surface area contributed by atoms with Crippen molar-refractivity contribution in [2.45, 2.75) is 57.3 Å². The number of rotatable bonds is 6. The monoisotopic (exact) mass is 465 g/mol. The summed E-state index contributed by atoms with van der Waals surface area (Å²) in [4.78, 5) is 12.6. The Morgan fingerprint density at radius 3 is 2.41 bits per heavy atom. The zero-order valence-corrected chi connectivity index (χ0v) is 18.9. The lowest BCUT2D eigenvalue weighted by molar-refractivity contribution is 0.0735. The molecule has 1 saturated carbocycles. The lowest BCUT2D eigenvalue weighted by Gasteiger charge is -2.35. The number of hydrogen-bond acceptors (Lipinski definition) is 3. The zero-order chi connectivity index (χ0) is 24.2. The number of benzene rings is 3. The second kappa shape index (κ2) is 10.3. The second-order valence-corrected chi connectivity index (χ2v) is 8.97. The van der Waals surface area contributed by atoms with Gasteiger partial charge in [-0.25, -0.2) is 18.0 Å². The number of ether oxygens (including phenoxy) is 1. The van der Waals surface area contributed by atoms with Crippen LogP contribution in [0.5, 0.6) is 5.75 Å². The van der Waals surface area contributed by atoms with Crippen molar-refractivity contribution in [1.29, 1.82) is 5.26 Å². The van der Waals surface area contributed by atoms with E-state index in [9.17, 15) is 18.0 Å². The number of hydrogen-bond donors (Lipinski definition) is 0. The minimum atomic E-state index is -1.25. The zero-order valence-electron chi connectivity index (χ0n) is 18.9. The lowest BCUT2D eigenvalue weighted by atomic mass is 9.74. The van der Waals surface area contributed by atoms with Gasteiger partial charge in [-0.15, -0.1) is 0 Å². The van der Waals surface area contributed by atoms with E-state index in [-0.39, 0.29) is 28.2 Å². The summed E-state index contributed by atoms with van der Waals surface area (Å²) in [5, 5.41) is 9.70. The van der Waals surface area contributed by atoms with Crippen LogP contribution in [0.1, 0.15) is 66.4 Å². The van der Waals surface area contributed by atoms with Crippen molar-refractivity contribution < 1.29 is 22.7 Å². The largest absolute Gasteiger partial charge is 0.423 e. The highest BCUT2D eigenvalue weighted by molar-refractivity contribution is 5.92. The molecule has 4 rings (SSSR count). The van der Waals surface area contributed by atoms with E-state index in [1.807, 2.05) is 0 Å². The van der Waals surface area contributed by atoms with Gasteiger partial charge in [-0.05, 0) is 66.1 Å². The quantitative estimate of drug-likeness (QED) is 0.281. The van der Waals surface area contributed by atoms with Gasteiger partial charge >= 0.3 is 5.97 Å². The number of carbonyl (C=O) groups excluding carboxylic acids is 1. The Kier molecular flexibility index (Phi) is 7.21. The average Bonchev–Trinajstić information content (AvgIpc) is 2.83. The summed E-state index contributed by atoms with van der Waals surface area (Å²) in [6, 6.07) is 15.4. The van der Waals surface area contributed by atoms with E-state index in [0.717, 1.165) is 19.3 Å². The van der Waals surface area contributed by atoms with Gasteiger partial charge in [0.1, 0.15) is 30.0 Å². The van der Waals surface area contributed by atoms with E-state index < -0.39 is 30.0 Å². The number of fused-ring (bicyclic) bond motifs is 1. The molecule has 0 heterocycles. The molecular weight excluding hydrogens is 439 g/mol. The third-order valence-corrected chi connectivity index (χ3v) is 6.65. The Labute approximate surface area is 197 Å². The highest BCUT2D eigenvalue weighted by atomic mass is 19.1. The van der Waals surface area contributed by atoms with Gasteiger partial charge in [-0.2, -0.15) is 5.26 Å². The fourth-order valence-electron chi connectivity index (χ4n) is 4.83. The molecule has 0 spiro atoms. The molecule has 0 N–H and O–H groups in total. The molecular formula is C28H26F3NO2. The SMILES string of the molecule is CCCCC1CC(F)C(c2ccc(C(=O)Oc3ccc4c(F)c(C#N)ccc4c3)cc2)C(F)C1. The van der Waals surface area contributed by atoms with Gasteiger partial charge in [0.05, 0.1) is 11.1 Å². The van der Waals surface area contributed by atoms with Crippen LogP contribution in [0.3, 0.4) is 0 Å². The smallest absolute Gasteiger partial charge is 0.343 e. The topological polar surface area (TPSA) is 50.1 Å². The highest BCUT2D eigenvalue weighted by Crippen LogP contribution is 2.41. The van der Waals surface area contributed by atoms with Gasteiger partial charge in [0, 0.05) is 11.3 Å². The summed E-state index contributed by atoms with van der Waals surface area (Å²) in [5.74, 6) is -1.76. The Hall–Kier alpha value is -3.33. The Balaban J connectivity index is 1.45. The van der Waals surface area contributed by atoms with Crippen LogP contribution < -0.4 is 4.74 Å². The van der Waals surface area contributed by atoms with Crippen LogP contribution in [0.2, 0.25) is 0 Å². The van der Waals surface area contributed by atoms with E-state index in [2.05, 4.69) is 6.92 Å². The average molecular weight is 466 g/mol. The fourth-order valence-corrected chi connectivity index (χ4v) is 4.83. The number of esters is 1. The molecule has 0 aliphatic heterocycles. The molecule has 3 nitrogen and oxygen atoms in total. The van der Waals surface area contributed by atoms with Crippen molar-refractivity contribution >= 4 is 16.7 Å². The molecule has 176 valence electrons. The van der Waals surface area contributed by atoms with Crippen molar-refractivity contribution in [3.8, 4) is 11.8 Å². The van der Waals surface area contributed by atoms with Crippen LogP contribution in [0, 0.1) is 23.1 Å². The molecule has 2 atom stereocenters. The van der Waals surface area contributed by atoms with Crippen LogP contribution >= 0.6 is 0 Å². The summed E-state index contributed by atoms with van der Waals surface area (Å²) < 4.78 is 49.3. The standard InChI is InChI=1S/C28H26F3NO2/c1-2-3-4-17-13-24(29)26(25(30)14-17)18-5-7-19(8-6-18)28(33)34-22-11-12-23-20(15-22)9-10-21(16-32)27(23)31/h5-12,15,17,24-26H,2-4,13-14H2,1H3. The molecule has 2 unspecified atom stereocenters. The Morgan fingerprint density at radius 1 is 1.06 bits per heavy atom. The van der Waals surface area contributed by atoms with Crippen molar-refractivity contribution in [2.24, 2.45) is 5.92 Å². The molecule has 1 aliphatic rings. The molecule has 3 aromatic rings. The van der Waals surface area contributed by atoms with Gasteiger partial charge in [0.15, 0.2) is 0 Å². The van der Waals surface area contributed by atoms with E-state index in [4.69, 9.17) is 10.00 Å². The maximum atomic E-state index is 14.8. The van der Waals surface area contributed by atoms with Gasteiger partial charge in [0.2, 0.25) is 0 Å². The van der Waals surface area contributed by atoms with Crippen LogP contribution in [0.25, 0.3) is 10.8 Å².